The Bertz CT molecular complexity index is 298. The molecule has 1 rings (SSSR count). The fourth-order valence-electron chi connectivity index (χ4n) is 1.16. The van der Waals surface area contributed by atoms with Crippen LogP contribution >= 0.6 is 0 Å². The van der Waals surface area contributed by atoms with E-state index in [4.69, 9.17) is 9.47 Å². The van der Waals surface area contributed by atoms with Gasteiger partial charge in [0.15, 0.2) is 0 Å². The highest BCUT2D eigenvalue weighted by Gasteiger charge is 2.33. The van der Waals surface area contributed by atoms with E-state index < -0.39 is 18.9 Å². The molecule has 2 nitrogen and oxygen atoms in total. The Morgan fingerprint density at radius 3 is 2.31 bits per heavy atom. The summed E-state index contributed by atoms with van der Waals surface area (Å²) in [5.41, 5.74) is 0. The fraction of sp³-hybridized carbons (Fsp3) is 0.455. The Balaban J connectivity index is 2.58. The number of para-hydroxylation sites is 1. The Labute approximate surface area is 92.0 Å². The van der Waals surface area contributed by atoms with Crippen LogP contribution in [0.2, 0.25) is 0 Å². The molecule has 0 bridgehead atoms. The van der Waals surface area contributed by atoms with E-state index in [2.05, 4.69) is 0 Å². The highest BCUT2D eigenvalue weighted by atomic mass is 19.4. The van der Waals surface area contributed by atoms with Crippen LogP contribution in [-0.4, -0.2) is 19.1 Å². The minimum absolute atomic E-state index is 0.174. The third-order valence-electron chi connectivity index (χ3n) is 1.76. The molecule has 0 aliphatic heterocycles. The summed E-state index contributed by atoms with van der Waals surface area (Å²) in [6.07, 6.45) is -6.70. The van der Waals surface area contributed by atoms with E-state index in [0.717, 1.165) is 0 Å². The number of halogens is 3. The van der Waals surface area contributed by atoms with Gasteiger partial charge in [0.2, 0.25) is 6.29 Å². The summed E-state index contributed by atoms with van der Waals surface area (Å²) < 4.78 is 46.5. The molecule has 0 amide bonds. The van der Waals surface area contributed by atoms with Crippen LogP contribution in [0.4, 0.5) is 13.2 Å². The Morgan fingerprint density at radius 1 is 1.19 bits per heavy atom. The largest absolute Gasteiger partial charge is 0.465 e. The smallest absolute Gasteiger partial charge is 0.395 e. The average molecular weight is 234 g/mol. The standard InChI is InChI=1S/C11H13F3O2/c1-2-15-10(8-11(12,13)14)16-9-6-4-3-5-7-9/h3-7,10H,2,8H2,1H3. The second kappa shape index (κ2) is 5.75. The summed E-state index contributed by atoms with van der Waals surface area (Å²) >= 11 is 0. The van der Waals surface area contributed by atoms with Crippen LogP contribution in [0.25, 0.3) is 0 Å². The van der Waals surface area contributed by atoms with Crippen molar-refractivity contribution in [3.63, 3.8) is 0 Å². The van der Waals surface area contributed by atoms with E-state index in [9.17, 15) is 13.2 Å². The van der Waals surface area contributed by atoms with Crippen molar-refractivity contribution in [1.29, 1.82) is 0 Å². The molecule has 0 radical (unpaired) electrons. The predicted molar refractivity (Wildman–Crippen MR) is 53.2 cm³/mol. The molecule has 0 aliphatic rings. The lowest BCUT2D eigenvalue weighted by atomic mass is 10.3. The molecule has 0 heterocycles. The van der Waals surface area contributed by atoms with E-state index >= 15 is 0 Å². The quantitative estimate of drug-likeness (QED) is 0.727. The lowest BCUT2D eigenvalue weighted by Gasteiger charge is -2.20. The van der Waals surface area contributed by atoms with E-state index in [1.54, 1.807) is 37.3 Å². The van der Waals surface area contributed by atoms with Crippen LogP contribution in [0, 0.1) is 0 Å². The van der Waals surface area contributed by atoms with Gasteiger partial charge < -0.3 is 9.47 Å². The molecule has 1 aromatic rings. The van der Waals surface area contributed by atoms with Gasteiger partial charge in [-0.05, 0) is 19.1 Å². The number of hydrogen-bond donors (Lipinski definition) is 0. The second-order valence-corrected chi connectivity index (χ2v) is 3.14. The third kappa shape index (κ3) is 5.02. The highest BCUT2D eigenvalue weighted by molar-refractivity contribution is 5.21. The zero-order chi connectivity index (χ0) is 12.0. The molecule has 0 fully saturated rings. The third-order valence-corrected chi connectivity index (χ3v) is 1.76. The maximum absolute atomic E-state index is 12.2. The van der Waals surface area contributed by atoms with E-state index in [-0.39, 0.29) is 6.61 Å². The molecule has 90 valence electrons. The van der Waals surface area contributed by atoms with Gasteiger partial charge in [-0.15, -0.1) is 0 Å². The van der Waals surface area contributed by atoms with Crippen molar-refractivity contribution in [1.82, 2.24) is 0 Å². The first-order valence-corrected chi connectivity index (χ1v) is 4.91. The summed E-state index contributed by atoms with van der Waals surface area (Å²) in [7, 11) is 0. The lowest BCUT2D eigenvalue weighted by Crippen LogP contribution is -2.27. The number of benzene rings is 1. The molecule has 16 heavy (non-hydrogen) atoms. The topological polar surface area (TPSA) is 18.5 Å². The molecule has 5 heteroatoms. The number of rotatable bonds is 5. The minimum atomic E-state index is -4.30. The number of alkyl halides is 3. The van der Waals surface area contributed by atoms with Crippen LogP contribution in [0.15, 0.2) is 30.3 Å². The summed E-state index contributed by atoms with van der Waals surface area (Å²) in [6, 6.07) is 8.30. The Hall–Kier alpha value is -1.23. The maximum Gasteiger partial charge on any atom is 0.395 e. The summed E-state index contributed by atoms with van der Waals surface area (Å²) in [4.78, 5) is 0. The van der Waals surface area contributed by atoms with Crippen LogP contribution in [-0.2, 0) is 4.74 Å². The molecule has 0 saturated heterocycles. The monoisotopic (exact) mass is 234 g/mol. The second-order valence-electron chi connectivity index (χ2n) is 3.14. The Morgan fingerprint density at radius 2 is 1.81 bits per heavy atom. The van der Waals surface area contributed by atoms with E-state index in [1.807, 2.05) is 0 Å². The average Bonchev–Trinajstić information content (AvgIpc) is 2.17. The molecule has 0 spiro atoms. The van der Waals surface area contributed by atoms with Crippen molar-refractivity contribution < 1.29 is 22.6 Å². The molecule has 1 atom stereocenters. The van der Waals surface area contributed by atoms with Crippen LogP contribution in [0.3, 0.4) is 0 Å². The zero-order valence-electron chi connectivity index (χ0n) is 8.83. The van der Waals surface area contributed by atoms with Crippen molar-refractivity contribution in [2.75, 3.05) is 6.61 Å². The maximum atomic E-state index is 12.2. The molecular weight excluding hydrogens is 221 g/mol. The zero-order valence-corrected chi connectivity index (χ0v) is 8.83. The van der Waals surface area contributed by atoms with Crippen molar-refractivity contribution in [2.45, 2.75) is 25.8 Å². The first-order chi connectivity index (χ1) is 7.51. The Kier molecular flexibility index (Phi) is 4.61. The molecule has 1 unspecified atom stereocenters. The van der Waals surface area contributed by atoms with Crippen molar-refractivity contribution in [2.24, 2.45) is 0 Å². The van der Waals surface area contributed by atoms with Crippen molar-refractivity contribution >= 4 is 0 Å². The first-order valence-electron chi connectivity index (χ1n) is 4.91. The van der Waals surface area contributed by atoms with Gasteiger partial charge in [0.25, 0.3) is 0 Å². The molecule has 0 saturated carbocycles. The molecule has 1 aromatic carbocycles. The summed E-state index contributed by atoms with van der Waals surface area (Å²) in [6.45, 7) is 1.80. The fourth-order valence-corrected chi connectivity index (χ4v) is 1.16. The van der Waals surface area contributed by atoms with Gasteiger partial charge in [0.05, 0.1) is 0 Å². The van der Waals surface area contributed by atoms with Gasteiger partial charge in [-0.1, -0.05) is 18.2 Å². The minimum Gasteiger partial charge on any atom is -0.465 e. The predicted octanol–water partition coefficient (Wildman–Crippen LogP) is 3.38. The van der Waals surface area contributed by atoms with Crippen LogP contribution in [0.5, 0.6) is 5.75 Å². The lowest BCUT2D eigenvalue weighted by molar-refractivity contribution is -0.194. The SMILES string of the molecule is CCOC(CC(F)(F)F)Oc1ccccc1. The highest BCUT2D eigenvalue weighted by Crippen LogP contribution is 2.24. The van der Waals surface area contributed by atoms with E-state index in [0.29, 0.717) is 5.75 Å². The summed E-state index contributed by atoms with van der Waals surface area (Å²) in [5, 5.41) is 0. The molecule has 0 aliphatic carbocycles. The van der Waals surface area contributed by atoms with Gasteiger partial charge in [0, 0.05) is 6.61 Å². The van der Waals surface area contributed by atoms with Gasteiger partial charge in [-0.3, -0.25) is 0 Å². The van der Waals surface area contributed by atoms with Gasteiger partial charge in [0.1, 0.15) is 12.2 Å². The van der Waals surface area contributed by atoms with Crippen LogP contribution < -0.4 is 4.74 Å². The molecular formula is C11H13F3O2. The molecule has 0 N–H and O–H groups in total. The normalized spacial score (nSPS) is 13.5. The molecule has 0 aromatic heterocycles. The van der Waals surface area contributed by atoms with Crippen molar-refractivity contribution in [3.8, 4) is 5.75 Å². The van der Waals surface area contributed by atoms with E-state index in [1.165, 1.54) is 0 Å². The first kappa shape index (κ1) is 12.8. The van der Waals surface area contributed by atoms with Crippen LogP contribution in [0.1, 0.15) is 13.3 Å². The summed E-state index contributed by atoms with van der Waals surface area (Å²) in [5.74, 6) is 0.366. The van der Waals surface area contributed by atoms with Gasteiger partial charge in [-0.25, -0.2) is 0 Å². The van der Waals surface area contributed by atoms with Gasteiger partial charge in [-0.2, -0.15) is 13.2 Å². The number of ether oxygens (including phenoxy) is 2. The van der Waals surface area contributed by atoms with Gasteiger partial charge >= 0.3 is 6.18 Å². The van der Waals surface area contributed by atoms with Crippen molar-refractivity contribution in [3.05, 3.63) is 30.3 Å². The number of hydrogen-bond acceptors (Lipinski definition) is 2.